The quantitative estimate of drug-likeness (QED) is 0.892. The maximum atomic E-state index is 14.3. The van der Waals surface area contributed by atoms with Gasteiger partial charge in [0.25, 0.3) is 0 Å². The van der Waals surface area contributed by atoms with Crippen molar-refractivity contribution in [1.29, 1.82) is 0 Å². The number of methoxy groups -OCH3 is 1. The van der Waals surface area contributed by atoms with Crippen LogP contribution in [0.3, 0.4) is 0 Å². The zero-order valence-corrected chi connectivity index (χ0v) is 13.0. The highest BCUT2D eigenvalue weighted by Crippen LogP contribution is 2.32. The minimum absolute atomic E-state index is 0.200. The summed E-state index contributed by atoms with van der Waals surface area (Å²) in [4.78, 5) is 0. The SMILES string of the molecule is CCNC(c1cc(C)ccc1F)c1ccc(C)cc1OC. The molecule has 2 aromatic rings. The number of hydrogen-bond acceptors (Lipinski definition) is 2. The maximum Gasteiger partial charge on any atom is 0.128 e. The molecule has 0 saturated heterocycles. The van der Waals surface area contributed by atoms with Crippen molar-refractivity contribution in [2.24, 2.45) is 0 Å². The molecule has 0 aliphatic rings. The van der Waals surface area contributed by atoms with Crippen LogP contribution in [0.1, 0.15) is 35.2 Å². The first kappa shape index (κ1) is 15.5. The summed E-state index contributed by atoms with van der Waals surface area (Å²) in [6.07, 6.45) is 0. The Balaban J connectivity index is 2.55. The van der Waals surface area contributed by atoms with Crippen molar-refractivity contribution < 1.29 is 9.13 Å². The van der Waals surface area contributed by atoms with Crippen LogP contribution in [0.5, 0.6) is 5.75 Å². The highest BCUT2D eigenvalue weighted by atomic mass is 19.1. The molecule has 0 saturated carbocycles. The van der Waals surface area contributed by atoms with Gasteiger partial charge in [-0.05, 0) is 38.1 Å². The van der Waals surface area contributed by atoms with Gasteiger partial charge in [-0.25, -0.2) is 4.39 Å². The van der Waals surface area contributed by atoms with Crippen LogP contribution in [-0.4, -0.2) is 13.7 Å². The summed E-state index contributed by atoms with van der Waals surface area (Å²) in [5, 5.41) is 3.36. The van der Waals surface area contributed by atoms with E-state index in [4.69, 9.17) is 4.74 Å². The largest absolute Gasteiger partial charge is 0.496 e. The average molecular weight is 287 g/mol. The molecule has 1 N–H and O–H groups in total. The van der Waals surface area contributed by atoms with E-state index in [0.717, 1.165) is 29.0 Å². The van der Waals surface area contributed by atoms with E-state index in [9.17, 15) is 4.39 Å². The van der Waals surface area contributed by atoms with Gasteiger partial charge >= 0.3 is 0 Å². The number of halogens is 1. The number of aryl methyl sites for hydroxylation is 2. The Labute approximate surface area is 126 Å². The van der Waals surface area contributed by atoms with Crippen molar-refractivity contribution >= 4 is 0 Å². The lowest BCUT2D eigenvalue weighted by Crippen LogP contribution is -2.23. The first-order chi connectivity index (χ1) is 10.1. The molecule has 21 heavy (non-hydrogen) atoms. The topological polar surface area (TPSA) is 21.3 Å². The third kappa shape index (κ3) is 3.42. The van der Waals surface area contributed by atoms with Gasteiger partial charge in [-0.15, -0.1) is 0 Å². The second kappa shape index (κ2) is 6.72. The molecule has 0 spiro atoms. The first-order valence-electron chi connectivity index (χ1n) is 7.20. The molecule has 3 heteroatoms. The van der Waals surface area contributed by atoms with E-state index in [2.05, 4.69) is 5.32 Å². The van der Waals surface area contributed by atoms with Crippen molar-refractivity contribution in [3.8, 4) is 5.75 Å². The molecule has 1 atom stereocenters. The van der Waals surface area contributed by atoms with Gasteiger partial charge < -0.3 is 10.1 Å². The molecule has 0 radical (unpaired) electrons. The second-order valence-corrected chi connectivity index (χ2v) is 5.26. The van der Waals surface area contributed by atoms with Crippen molar-refractivity contribution in [2.75, 3.05) is 13.7 Å². The van der Waals surface area contributed by atoms with Crippen LogP contribution < -0.4 is 10.1 Å². The Hall–Kier alpha value is -1.87. The van der Waals surface area contributed by atoms with Gasteiger partial charge in [0.1, 0.15) is 11.6 Å². The lowest BCUT2D eigenvalue weighted by Gasteiger charge is -2.22. The van der Waals surface area contributed by atoms with E-state index in [1.165, 1.54) is 6.07 Å². The average Bonchev–Trinajstić information content (AvgIpc) is 2.48. The Morgan fingerprint density at radius 2 is 1.71 bits per heavy atom. The lowest BCUT2D eigenvalue weighted by molar-refractivity contribution is 0.403. The van der Waals surface area contributed by atoms with Crippen LogP contribution in [-0.2, 0) is 0 Å². The van der Waals surface area contributed by atoms with E-state index < -0.39 is 0 Å². The Morgan fingerprint density at radius 1 is 1.05 bits per heavy atom. The fraction of sp³-hybridized carbons (Fsp3) is 0.333. The van der Waals surface area contributed by atoms with Gasteiger partial charge in [0.15, 0.2) is 0 Å². The predicted octanol–water partition coefficient (Wildman–Crippen LogP) is 4.15. The molecule has 0 bridgehead atoms. The minimum atomic E-state index is -0.217. The van der Waals surface area contributed by atoms with Crippen LogP contribution in [0.4, 0.5) is 4.39 Å². The summed E-state index contributed by atoms with van der Waals surface area (Å²) in [6, 6.07) is 11.0. The molecular formula is C18H22FNO. The highest BCUT2D eigenvalue weighted by molar-refractivity contribution is 5.44. The molecule has 0 aliphatic heterocycles. The predicted molar refractivity (Wildman–Crippen MR) is 84.4 cm³/mol. The van der Waals surface area contributed by atoms with E-state index >= 15 is 0 Å². The Bertz CT molecular complexity index is 625. The summed E-state index contributed by atoms with van der Waals surface area (Å²) < 4.78 is 19.7. The third-order valence-electron chi connectivity index (χ3n) is 3.57. The van der Waals surface area contributed by atoms with Crippen LogP contribution in [0.15, 0.2) is 36.4 Å². The smallest absolute Gasteiger partial charge is 0.128 e. The van der Waals surface area contributed by atoms with E-state index in [1.807, 2.05) is 45.0 Å². The Morgan fingerprint density at radius 3 is 2.38 bits per heavy atom. The van der Waals surface area contributed by atoms with E-state index in [-0.39, 0.29) is 11.9 Å². The van der Waals surface area contributed by atoms with Gasteiger partial charge in [-0.2, -0.15) is 0 Å². The molecule has 0 aromatic heterocycles. The van der Waals surface area contributed by atoms with Crippen molar-refractivity contribution in [2.45, 2.75) is 26.8 Å². The molecule has 0 fully saturated rings. The van der Waals surface area contributed by atoms with Crippen LogP contribution in [0.25, 0.3) is 0 Å². The molecule has 0 heterocycles. The van der Waals surface area contributed by atoms with Crippen molar-refractivity contribution in [3.05, 3.63) is 64.5 Å². The number of hydrogen-bond donors (Lipinski definition) is 1. The third-order valence-corrected chi connectivity index (χ3v) is 3.57. The summed E-state index contributed by atoms with van der Waals surface area (Å²) in [7, 11) is 1.65. The zero-order valence-electron chi connectivity index (χ0n) is 13.0. The zero-order chi connectivity index (χ0) is 15.4. The van der Waals surface area contributed by atoms with Gasteiger partial charge in [0.2, 0.25) is 0 Å². The molecule has 0 amide bonds. The van der Waals surface area contributed by atoms with Crippen molar-refractivity contribution in [3.63, 3.8) is 0 Å². The number of nitrogens with one attached hydrogen (secondary N) is 1. The van der Waals surface area contributed by atoms with Gasteiger partial charge in [0, 0.05) is 11.1 Å². The summed E-state index contributed by atoms with van der Waals surface area (Å²) in [5.74, 6) is 0.580. The number of benzene rings is 2. The highest BCUT2D eigenvalue weighted by Gasteiger charge is 2.20. The van der Waals surface area contributed by atoms with Gasteiger partial charge in [-0.3, -0.25) is 0 Å². The molecule has 1 unspecified atom stereocenters. The van der Waals surface area contributed by atoms with E-state index in [0.29, 0.717) is 5.56 Å². The molecule has 2 nitrogen and oxygen atoms in total. The van der Waals surface area contributed by atoms with E-state index in [1.54, 1.807) is 13.2 Å². The normalized spacial score (nSPS) is 12.2. The minimum Gasteiger partial charge on any atom is -0.496 e. The van der Waals surface area contributed by atoms with Crippen LogP contribution in [0, 0.1) is 19.7 Å². The lowest BCUT2D eigenvalue weighted by atomic mass is 9.95. The second-order valence-electron chi connectivity index (χ2n) is 5.26. The van der Waals surface area contributed by atoms with Crippen molar-refractivity contribution in [1.82, 2.24) is 5.32 Å². The molecule has 112 valence electrons. The number of rotatable bonds is 5. The fourth-order valence-corrected chi connectivity index (χ4v) is 2.53. The molecule has 0 aliphatic carbocycles. The molecule has 2 rings (SSSR count). The fourth-order valence-electron chi connectivity index (χ4n) is 2.53. The monoisotopic (exact) mass is 287 g/mol. The summed E-state index contributed by atoms with van der Waals surface area (Å²) in [6.45, 7) is 6.75. The first-order valence-corrected chi connectivity index (χ1v) is 7.20. The number of ether oxygens (including phenoxy) is 1. The summed E-state index contributed by atoms with van der Waals surface area (Å²) >= 11 is 0. The maximum absolute atomic E-state index is 14.3. The van der Waals surface area contributed by atoms with Gasteiger partial charge in [0.05, 0.1) is 13.2 Å². The van der Waals surface area contributed by atoms with Gasteiger partial charge in [-0.1, -0.05) is 36.8 Å². The van der Waals surface area contributed by atoms with Crippen LogP contribution in [0.2, 0.25) is 0 Å². The standard InChI is InChI=1S/C18H22FNO/c1-5-20-18(15-10-12(2)7-9-16(15)19)14-8-6-13(3)11-17(14)21-4/h6-11,18,20H,5H2,1-4H3. The molecular weight excluding hydrogens is 265 g/mol. The molecule has 2 aromatic carbocycles. The summed E-state index contributed by atoms with van der Waals surface area (Å²) in [5.41, 5.74) is 3.77. The van der Waals surface area contributed by atoms with Crippen LogP contribution >= 0.6 is 0 Å². The Kier molecular flexibility index (Phi) is 4.97.